The highest BCUT2D eigenvalue weighted by Crippen LogP contribution is 2.39. The maximum Gasteiger partial charge on any atom is 0.260 e. The van der Waals surface area contributed by atoms with Crippen molar-refractivity contribution in [1.29, 1.82) is 0 Å². The van der Waals surface area contributed by atoms with Gasteiger partial charge in [0.1, 0.15) is 0 Å². The maximum absolute atomic E-state index is 12.3. The molecule has 1 aliphatic carbocycles. The van der Waals surface area contributed by atoms with Crippen LogP contribution >= 0.6 is 31.9 Å². The Morgan fingerprint density at radius 1 is 1.42 bits per heavy atom. The van der Waals surface area contributed by atoms with Crippen molar-refractivity contribution in [1.82, 2.24) is 19.7 Å². The lowest BCUT2D eigenvalue weighted by Gasteiger charge is -2.26. The molecule has 2 rings (SSSR count). The van der Waals surface area contributed by atoms with Gasteiger partial charge in [-0.05, 0) is 34.2 Å². The molecule has 0 atom stereocenters. The average Bonchev–Trinajstić information content (AvgIpc) is 2.95. The number of aromatic nitrogens is 3. The van der Waals surface area contributed by atoms with E-state index in [0.717, 1.165) is 31.0 Å². The predicted molar refractivity (Wildman–Crippen MR) is 78.6 cm³/mol. The summed E-state index contributed by atoms with van der Waals surface area (Å²) in [6.07, 6.45) is 4.41. The van der Waals surface area contributed by atoms with Crippen molar-refractivity contribution in [3.05, 3.63) is 4.60 Å². The summed E-state index contributed by atoms with van der Waals surface area (Å²) in [4.78, 5) is 0. The fourth-order valence-electron chi connectivity index (χ4n) is 2.41. The Labute approximate surface area is 129 Å². The molecule has 108 valence electrons. The first-order chi connectivity index (χ1) is 8.90. The SMILES string of the molecule is Cn1nnc(Br)c1S(=O)(=O)NCC1(CBr)CCCC1. The Morgan fingerprint density at radius 2 is 2.05 bits per heavy atom. The van der Waals surface area contributed by atoms with Crippen LogP contribution in [0.5, 0.6) is 0 Å². The van der Waals surface area contributed by atoms with Gasteiger partial charge >= 0.3 is 0 Å². The zero-order chi connectivity index (χ0) is 14.1. The number of hydrogen-bond acceptors (Lipinski definition) is 4. The third-order valence-corrected chi connectivity index (χ3v) is 7.05. The van der Waals surface area contributed by atoms with Crippen LogP contribution < -0.4 is 4.72 Å². The van der Waals surface area contributed by atoms with E-state index in [2.05, 4.69) is 46.9 Å². The van der Waals surface area contributed by atoms with Gasteiger partial charge in [-0.1, -0.05) is 34.0 Å². The molecule has 0 amide bonds. The monoisotopic (exact) mass is 414 g/mol. The topological polar surface area (TPSA) is 76.9 Å². The van der Waals surface area contributed by atoms with Crippen molar-refractivity contribution in [3.8, 4) is 0 Å². The van der Waals surface area contributed by atoms with Gasteiger partial charge in [-0.2, -0.15) is 0 Å². The summed E-state index contributed by atoms with van der Waals surface area (Å²) in [6.45, 7) is 0.443. The largest absolute Gasteiger partial charge is 0.260 e. The van der Waals surface area contributed by atoms with Crippen LogP contribution in [0.3, 0.4) is 0 Å². The maximum atomic E-state index is 12.3. The Kier molecular flexibility index (Phi) is 4.69. The van der Waals surface area contributed by atoms with E-state index in [0.29, 0.717) is 6.54 Å². The number of nitrogens with zero attached hydrogens (tertiary/aromatic N) is 3. The molecule has 1 heterocycles. The van der Waals surface area contributed by atoms with Gasteiger partial charge in [-0.25, -0.2) is 17.8 Å². The first-order valence-corrected chi connectivity index (χ1v) is 9.41. The Morgan fingerprint density at radius 3 is 2.53 bits per heavy atom. The van der Waals surface area contributed by atoms with Crippen LogP contribution in [0.25, 0.3) is 0 Å². The van der Waals surface area contributed by atoms with Gasteiger partial charge in [0.05, 0.1) is 0 Å². The molecule has 0 aliphatic heterocycles. The van der Waals surface area contributed by atoms with E-state index in [-0.39, 0.29) is 15.0 Å². The standard InChI is InChI=1S/C10H16Br2N4O2S/c1-16-9(8(12)14-15-16)19(17,18)13-7-10(6-11)4-2-3-5-10/h13H,2-7H2,1H3. The lowest BCUT2D eigenvalue weighted by atomic mass is 9.89. The van der Waals surface area contributed by atoms with Crippen LogP contribution in [-0.2, 0) is 17.1 Å². The lowest BCUT2D eigenvalue weighted by molar-refractivity contribution is 0.347. The summed E-state index contributed by atoms with van der Waals surface area (Å²) in [5.41, 5.74) is 0.0333. The summed E-state index contributed by atoms with van der Waals surface area (Å²) >= 11 is 6.62. The summed E-state index contributed by atoms with van der Waals surface area (Å²) in [7, 11) is -2.04. The quantitative estimate of drug-likeness (QED) is 0.744. The molecule has 0 aromatic carbocycles. The van der Waals surface area contributed by atoms with E-state index in [1.165, 1.54) is 4.68 Å². The second-order valence-electron chi connectivity index (χ2n) is 4.97. The number of alkyl halides is 1. The van der Waals surface area contributed by atoms with Gasteiger partial charge in [-0.3, -0.25) is 0 Å². The van der Waals surface area contributed by atoms with Gasteiger partial charge in [0.2, 0.25) is 5.03 Å². The minimum Gasteiger partial charge on any atom is -0.235 e. The molecule has 0 bridgehead atoms. The fourth-order valence-corrected chi connectivity index (χ4v) is 5.41. The molecule has 0 unspecified atom stereocenters. The van der Waals surface area contributed by atoms with Gasteiger partial charge in [0, 0.05) is 18.9 Å². The first-order valence-electron chi connectivity index (χ1n) is 6.01. The Bertz CT molecular complexity index is 532. The van der Waals surface area contributed by atoms with Crippen LogP contribution in [0.15, 0.2) is 9.63 Å². The molecule has 1 aromatic heterocycles. The van der Waals surface area contributed by atoms with Gasteiger partial charge < -0.3 is 0 Å². The van der Waals surface area contributed by atoms with Crippen molar-refractivity contribution in [3.63, 3.8) is 0 Å². The Hall–Kier alpha value is 0.01000. The minimum atomic E-state index is -3.59. The fraction of sp³-hybridized carbons (Fsp3) is 0.800. The van der Waals surface area contributed by atoms with Crippen LogP contribution in [0, 0.1) is 5.41 Å². The highest BCUT2D eigenvalue weighted by atomic mass is 79.9. The molecule has 1 aliphatic rings. The van der Waals surface area contributed by atoms with E-state index in [1.807, 2.05) is 0 Å². The minimum absolute atomic E-state index is 0.0333. The molecule has 1 fully saturated rings. The third-order valence-electron chi connectivity index (χ3n) is 3.58. The number of sulfonamides is 1. The smallest absolute Gasteiger partial charge is 0.235 e. The zero-order valence-corrected chi connectivity index (χ0v) is 14.6. The van der Waals surface area contributed by atoms with Crippen molar-refractivity contribution < 1.29 is 8.42 Å². The molecular weight excluding hydrogens is 400 g/mol. The van der Waals surface area contributed by atoms with E-state index in [1.54, 1.807) is 7.05 Å². The highest BCUT2D eigenvalue weighted by Gasteiger charge is 2.35. The molecule has 0 spiro atoms. The second-order valence-corrected chi connectivity index (χ2v) is 7.97. The summed E-state index contributed by atoms with van der Waals surface area (Å²) in [6, 6.07) is 0. The van der Waals surface area contributed by atoms with Crippen molar-refractivity contribution in [2.45, 2.75) is 30.7 Å². The summed E-state index contributed by atoms with van der Waals surface area (Å²) < 4.78 is 28.8. The molecule has 9 heteroatoms. The van der Waals surface area contributed by atoms with Gasteiger partial charge in [-0.15, -0.1) is 5.10 Å². The zero-order valence-electron chi connectivity index (χ0n) is 10.6. The number of rotatable bonds is 5. The third kappa shape index (κ3) is 3.20. The van der Waals surface area contributed by atoms with Crippen molar-refractivity contribution >= 4 is 41.9 Å². The summed E-state index contributed by atoms with van der Waals surface area (Å²) in [5.74, 6) is 0. The number of hydrogen-bond donors (Lipinski definition) is 1. The van der Waals surface area contributed by atoms with Gasteiger partial charge in [0.25, 0.3) is 10.0 Å². The van der Waals surface area contributed by atoms with Crippen LogP contribution in [0.1, 0.15) is 25.7 Å². The molecule has 1 aromatic rings. The molecule has 1 N–H and O–H groups in total. The highest BCUT2D eigenvalue weighted by molar-refractivity contribution is 9.10. The lowest BCUT2D eigenvalue weighted by Crippen LogP contribution is -2.37. The number of aryl methyl sites for hydroxylation is 1. The normalized spacial score (nSPS) is 18.9. The molecule has 19 heavy (non-hydrogen) atoms. The second kappa shape index (κ2) is 5.79. The molecule has 0 radical (unpaired) electrons. The predicted octanol–water partition coefficient (Wildman–Crippen LogP) is 1.81. The average molecular weight is 416 g/mol. The van der Waals surface area contributed by atoms with E-state index in [4.69, 9.17) is 0 Å². The molecule has 1 saturated carbocycles. The number of nitrogens with one attached hydrogen (secondary N) is 1. The van der Waals surface area contributed by atoms with Gasteiger partial charge in [0.15, 0.2) is 4.60 Å². The van der Waals surface area contributed by atoms with E-state index in [9.17, 15) is 8.42 Å². The van der Waals surface area contributed by atoms with Crippen LogP contribution in [-0.4, -0.2) is 35.3 Å². The first kappa shape index (κ1) is 15.4. The van der Waals surface area contributed by atoms with Crippen LogP contribution in [0.4, 0.5) is 0 Å². The van der Waals surface area contributed by atoms with Crippen molar-refractivity contribution in [2.24, 2.45) is 12.5 Å². The molecule has 6 nitrogen and oxygen atoms in total. The van der Waals surface area contributed by atoms with Crippen LogP contribution in [0.2, 0.25) is 0 Å². The molecular formula is C10H16Br2N4O2S. The Balaban J connectivity index is 2.14. The summed E-state index contributed by atoms with van der Waals surface area (Å²) in [5, 5.41) is 8.27. The molecule has 0 saturated heterocycles. The van der Waals surface area contributed by atoms with Crippen molar-refractivity contribution in [2.75, 3.05) is 11.9 Å². The van der Waals surface area contributed by atoms with E-state index >= 15 is 0 Å². The van der Waals surface area contributed by atoms with E-state index < -0.39 is 10.0 Å². The number of halogens is 2.